The Hall–Kier alpha value is -0.910. The van der Waals surface area contributed by atoms with Gasteiger partial charge in [-0.3, -0.25) is 0 Å². The lowest BCUT2D eigenvalue weighted by atomic mass is 10.1. The summed E-state index contributed by atoms with van der Waals surface area (Å²) >= 11 is 0. The Bertz CT molecular complexity index is 334. The number of rotatable bonds is 5. The molecule has 2 rings (SSSR count). The van der Waals surface area contributed by atoms with E-state index in [1.165, 1.54) is 0 Å². The molecular weight excluding hydrogens is 218 g/mol. The molecule has 1 aromatic heterocycles. The number of nitrogens with zero attached hydrogens (tertiary/aromatic N) is 2. The van der Waals surface area contributed by atoms with Crippen molar-refractivity contribution in [3.8, 4) is 0 Å². The molecule has 1 saturated heterocycles. The lowest BCUT2D eigenvalue weighted by Crippen LogP contribution is -2.45. The van der Waals surface area contributed by atoms with Gasteiger partial charge >= 0.3 is 0 Å². The summed E-state index contributed by atoms with van der Waals surface area (Å²) in [5.74, 6) is 1.04. The van der Waals surface area contributed by atoms with Crippen molar-refractivity contribution in [3.05, 3.63) is 18.2 Å². The third-order valence-corrected chi connectivity index (χ3v) is 3.00. The van der Waals surface area contributed by atoms with Crippen LogP contribution in [0.3, 0.4) is 0 Å². The van der Waals surface area contributed by atoms with Crippen molar-refractivity contribution in [2.75, 3.05) is 19.8 Å². The second-order valence-corrected chi connectivity index (χ2v) is 4.39. The van der Waals surface area contributed by atoms with E-state index < -0.39 is 0 Å². The maximum absolute atomic E-state index is 6.15. The molecule has 0 bridgehead atoms. The molecule has 0 aromatic carbocycles. The van der Waals surface area contributed by atoms with Gasteiger partial charge in [-0.25, -0.2) is 4.98 Å². The molecule has 1 aliphatic rings. The van der Waals surface area contributed by atoms with Crippen LogP contribution in [0, 0.1) is 0 Å². The molecule has 1 aliphatic heterocycles. The molecule has 0 saturated carbocycles. The minimum atomic E-state index is -0.0479. The van der Waals surface area contributed by atoms with E-state index in [4.69, 9.17) is 15.2 Å². The topological polar surface area (TPSA) is 62.3 Å². The second-order valence-electron chi connectivity index (χ2n) is 4.39. The van der Waals surface area contributed by atoms with Crippen molar-refractivity contribution >= 4 is 0 Å². The van der Waals surface area contributed by atoms with Crippen LogP contribution in [-0.4, -0.2) is 41.5 Å². The summed E-state index contributed by atoms with van der Waals surface area (Å²) in [6, 6.07) is -0.0479. The highest BCUT2D eigenvalue weighted by Crippen LogP contribution is 2.09. The van der Waals surface area contributed by atoms with Crippen molar-refractivity contribution < 1.29 is 9.47 Å². The van der Waals surface area contributed by atoms with Crippen LogP contribution in [0.25, 0.3) is 0 Å². The standard InChI is InChI=1S/C12H21N3O2/c1-2-4-15-5-3-14-12(15)8-10(13)11-9-16-6-7-17-11/h3,5,10-11H,2,4,6-9,13H2,1H3. The van der Waals surface area contributed by atoms with Gasteiger partial charge in [0.05, 0.1) is 25.9 Å². The van der Waals surface area contributed by atoms with Gasteiger partial charge < -0.3 is 19.8 Å². The van der Waals surface area contributed by atoms with Crippen LogP contribution in [0.2, 0.25) is 0 Å². The van der Waals surface area contributed by atoms with Crippen molar-refractivity contribution in [2.24, 2.45) is 5.73 Å². The first-order valence-corrected chi connectivity index (χ1v) is 6.26. The normalized spacial score (nSPS) is 22.6. The van der Waals surface area contributed by atoms with E-state index in [9.17, 15) is 0 Å². The lowest BCUT2D eigenvalue weighted by molar-refractivity contribution is -0.0969. The van der Waals surface area contributed by atoms with Crippen LogP contribution in [0.4, 0.5) is 0 Å². The number of aromatic nitrogens is 2. The van der Waals surface area contributed by atoms with Crippen molar-refractivity contribution in [3.63, 3.8) is 0 Å². The maximum Gasteiger partial charge on any atom is 0.110 e. The van der Waals surface area contributed by atoms with E-state index in [0.29, 0.717) is 19.8 Å². The van der Waals surface area contributed by atoms with Crippen molar-refractivity contribution in [1.82, 2.24) is 9.55 Å². The zero-order chi connectivity index (χ0) is 12.1. The molecule has 0 spiro atoms. The van der Waals surface area contributed by atoms with Crippen molar-refractivity contribution in [1.29, 1.82) is 0 Å². The Kier molecular flexibility index (Phi) is 4.53. The number of nitrogens with two attached hydrogens (primary N) is 1. The van der Waals surface area contributed by atoms with E-state index in [2.05, 4.69) is 16.5 Å². The molecule has 0 aliphatic carbocycles. The smallest absolute Gasteiger partial charge is 0.110 e. The van der Waals surface area contributed by atoms with Crippen LogP contribution in [0.1, 0.15) is 19.2 Å². The fourth-order valence-corrected chi connectivity index (χ4v) is 2.07. The minimum absolute atomic E-state index is 0.00414. The number of hydrogen-bond acceptors (Lipinski definition) is 4. The minimum Gasteiger partial charge on any atom is -0.376 e. The first-order chi connectivity index (χ1) is 8.31. The van der Waals surface area contributed by atoms with E-state index in [-0.39, 0.29) is 12.1 Å². The summed E-state index contributed by atoms with van der Waals surface area (Å²) in [7, 11) is 0. The second kappa shape index (κ2) is 6.14. The Balaban J connectivity index is 1.92. The summed E-state index contributed by atoms with van der Waals surface area (Å²) < 4.78 is 13.1. The van der Waals surface area contributed by atoms with Gasteiger partial charge in [-0.1, -0.05) is 6.92 Å². The average molecular weight is 239 g/mol. The highest BCUT2D eigenvalue weighted by Gasteiger charge is 2.23. The molecule has 1 fully saturated rings. The van der Waals surface area contributed by atoms with Crippen LogP contribution < -0.4 is 5.73 Å². The molecule has 2 unspecified atom stereocenters. The summed E-state index contributed by atoms with van der Waals surface area (Å²) in [6.07, 6.45) is 5.66. The Morgan fingerprint density at radius 2 is 2.47 bits per heavy atom. The quantitative estimate of drug-likeness (QED) is 0.816. The van der Waals surface area contributed by atoms with Gasteiger partial charge in [-0.05, 0) is 6.42 Å². The van der Waals surface area contributed by atoms with Crippen LogP contribution >= 0.6 is 0 Å². The molecule has 17 heavy (non-hydrogen) atoms. The lowest BCUT2D eigenvalue weighted by Gasteiger charge is -2.27. The monoisotopic (exact) mass is 239 g/mol. The SMILES string of the molecule is CCCn1ccnc1CC(N)C1COCCO1. The predicted molar refractivity (Wildman–Crippen MR) is 64.8 cm³/mol. The van der Waals surface area contributed by atoms with Gasteiger partial charge in [0.1, 0.15) is 5.82 Å². The molecule has 2 N–H and O–H groups in total. The van der Waals surface area contributed by atoms with Gasteiger partial charge in [-0.2, -0.15) is 0 Å². The summed E-state index contributed by atoms with van der Waals surface area (Å²) in [6.45, 7) is 5.05. The Labute approximate surface area is 102 Å². The number of imidazole rings is 1. The first kappa shape index (κ1) is 12.5. The Morgan fingerprint density at radius 3 is 3.18 bits per heavy atom. The largest absolute Gasteiger partial charge is 0.376 e. The fourth-order valence-electron chi connectivity index (χ4n) is 2.07. The highest BCUT2D eigenvalue weighted by molar-refractivity contribution is 4.97. The number of ether oxygens (including phenoxy) is 2. The zero-order valence-electron chi connectivity index (χ0n) is 10.3. The molecule has 1 aromatic rings. The molecule has 96 valence electrons. The van der Waals surface area contributed by atoms with E-state index in [0.717, 1.165) is 25.2 Å². The fraction of sp³-hybridized carbons (Fsp3) is 0.750. The summed E-state index contributed by atoms with van der Waals surface area (Å²) in [5, 5.41) is 0. The van der Waals surface area contributed by atoms with Crippen LogP contribution in [0.15, 0.2) is 12.4 Å². The molecule has 5 nitrogen and oxygen atoms in total. The summed E-state index contributed by atoms with van der Waals surface area (Å²) in [4.78, 5) is 4.36. The van der Waals surface area contributed by atoms with Gasteiger partial charge in [0.25, 0.3) is 0 Å². The average Bonchev–Trinajstić information content (AvgIpc) is 2.78. The molecule has 5 heteroatoms. The third kappa shape index (κ3) is 3.28. The van der Waals surface area contributed by atoms with Gasteiger partial charge in [0.15, 0.2) is 0 Å². The van der Waals surface area contributed by atoms with E-state index in [1.807, 2.05) is 12.4 Å². The highest BCUT2D eigenvalue weighted by atomic mass is 16.6. The number of hydrogen-bond donors (Lipinski definition) is 1. The van der Waals surface area contributed by atoms with Crippen LogP contribution in [0.5, 0.6) is 0 Å². The molecule has 2 heterocycles. The Morgan fingerprint density at radius 1 is 1.59 bits per heavy atom. The van der Waals surface area contributed by atoms with Gasteiger partial charge in [-0.15, -0.1) is 0 Å². The number of aryl methyl sites for hydroxylation is 1. The van der Waals surface area contributed by atoms with Gasteiger partial charge in [0, 0.05) is 31.4 Å². The van der Waals surface area contributed by atoms with E-state index in [1.54, 1.807) is 0 Å². The van der Waals surface area contributed by atoms with Gasteiger partial charge in [0.2, 0.25) is 0 Å². The molecule has 0 amide bonds. The molecule has 2 atom stereocenters. The predicted octanol–water partition coefficient (Wildman–Crippen LogP) is 0.578. The first-order valence-electron chi connectivity index (χ1n) is 6.26. The summed E-state index contributed by atoms with van der Waals surface area (Å²) in [5.41, 5.74) is 6.15. The van der Waals surface area contributed by atoms with Crippen molar-refractivity contribution in [2.45, 2.75) is 38.5 Å². The maximum atomic E-state index is 6.15. The molecule has 0 radical (unpaired) electrons. The van der Waals surface area contributed by atoms with Crippen LogP contribution in [-0.2, 0) is 22.4 Å². The third-order valence-electron chi connectivity index (χ3n) is 3.00. The van der Waals surface area contributed by atoms with E-state index >= 15 is 0 Å². The zero-order valence-corrected chi connectivity index (χ0v) is 10.3. The molecular formula is C12H21N3O2.